The standard InChI is InChI=1S/C19H16N2O3/c1-24-15-7-4-5-13(11-15)12-20-21-19(23)17-10-9-14-6-2-3-8-16(14)18(17)22/h2-12,22H,1H3,(H,21,23)/b20-12-. The van der Waals surface area contributed by atoms with Gasteiger partial charge in [-0.2, -0.15) is 5.10 Å². The van der Waals surface area contributed by atoms with Gasteiger partial charge < -0.3 is 9.84 Å². The molecule has 3 rings (SSSR count). The van der Waals surface area contributed by atoms with Crippen molar-refractivity contribution in [1.29, 1.82) is 0 Å². The quantitative estimate of drug-likeness (QED) is 0.572. The van der Waals surface area contributed by atoms with Crippen molar-refractivity contribution in [1.82, 2.24) is 5.43 Å². The molecule has 0 fully saturated rings. The molecule has 0 unspecified atom stereocenters. The van der Waals surface area contributed by atoms with Crippen LogP contribution >= 0.6 is 0 Å². The molecule has 5 nitrogen and oxygen atoms in total. The van der Waals surface area contributed by atoms with Gasteiger partial charge in [-0.3, -0.25) is 4.79 Å². The minimum absolute atomic E-state index is 0.0535. The van der Waals surface area contributed by atoms with E-state index in [1.807, 2.05) is 36.4 Å². The van der Waals surface area contributed by atoms with Gasteiger partial charge in [0.1, 0.15) is 11.5 Å². The molecule has 3 aromatic rings. The molecule has 2 N–H and O–H groups in total. The smallest absolute Gasteiger partial charge is 0.275 e. The van der Waals surface area contributed by atoms with Gasteiger partial charge in [-0.1, -0.05) is 42.5 Å². The van der Waals surface area contributed by atoms with Crippen LogP contribution < -0.4 is 10.2 Å². The summed E-state index contributed by atoms with van der Waals surface area (Å²) in [4.78, 5) is 12.2. The number of methoxy groups -OCH3 is 1. The number of fused-ring (bicyclic) bond motifs is 1. The lowest BCUT2D eigenvalue weighted by Crippen LogP contribution is -2.17. The summed E-state index contributed by atoms with van der Waals surface area (Å²) in [5.41, 5.74) is 3.39. The van der Waals surface area contributed by atoms with E-state index in [-0.39, 0.29) is 11.3 Å². The number of hydrogen-bond acceptors (Lipinski definition) is 4. The summed E-state index contributed by atoms with van der Waals surface area (Å²) in [5.74, 6) is 0.178. The van der Waals surface area contributed by atoms with E-state index in [1.54, 1.807) is 31.4 Å². The van der Waals surface area contributed by atoms with Crippen molar-refractivity contribution in [2.24, 2.45) is 5.10 Å². The highest BCUT2D eigenvalue weighted by atomic mass is 16.5. The Hall–Kier alpha value is -3.34. The van der Waals surface area contributed by atoms with Crippen LogP contribution in [0.15, 0.2) is 65.8 Å². The van der Waals surface area contributed by atoms with Crippen molar-refractivity contribution in [3.05, 3.63) is 71.8 Å². The number of amides is 1. The molecule has 0 atom stereocenters. The first kappa shape index (κ1) is 15.6. The highest BCUT2D eigenvalue weighted by Gasteiger charge is 2.12. The first-order chi connectivity index (χ1) is 11.7. The molecule has 0 bridgehead atoms. The molecular weight excluding hydrogens is 304 g/mol. The molecule has 0 spiro atoms. The maximum atomic E-state index is 12.2. The first-order valence-electron chi connectivity index (χ1n) is 7.37. The number of carbonyl (C=O) groups excluding carboxylic acids is 1. The van der Waals surface area contributed by atoms with Gasteiger partial charge in [0.25, 0.3) is 5.91 Å². The van der Waals surface area contributed by atoms with E-state index in [0.29, 0.717) is 11.1 Å². The molecule has 0 aliphatic carbocycles. The number of benzene rings is 3. The number of ether oxygens (including phenoxy) is 1. The highest BCUT2D eigenvalue weighted by Crippen LogP contribution is 2.28. The lowest BCUT2D eigenvalue weighted by atomic mass is 10.1. The Morgan fingerprint density at radius 2 is 1.96 bits per heavy atom. The van der Waals surface area contributed by atoms with E-state index in [0.717, 1.165) is 10.9 Å². The summed E-state index contributed by atoms with van der Waals surface area (Å²) in [6.07, 6.45) is 1.51. The largest absolute Gasteiger partial charge is 0.506 e. The second-order valence-corrected chi connectivity index (χ2v) is 5.16. The van der Waals surface area contributed by atoms with Crippen LogP contribution in [0.4, 0.5) is 0 Å². The number of nitrogens with zero attached hydrogens (tertiary/aromatic N) is 1. The van der Waals surface area contributed by atoms with Crippen molar-refractivity contribution in [2.75, 3.05) is 7.11 Å². The SMILES string of the molecule is COc1cccc(/C=N\NC(=O)c2ccc3ccccc3c2O)c1. The minimum Gasteiger partial charge on any atom is -0.506 e. The molecule has 0 aliphatic rings. The lowest BCUT2D eigenvalue weighted by Gasteiger charge is -2.06. The van der Waals surface area contributed by atoms with Gasteiger partial charge in [-0.05, 0) is 29.1 Å². The number of nitrogens with one attached hydrogen (secondary N) is 1. The van der Waals surface area contributed by atoms with Crippen LogP contribution in [-0.2, 0) is 0 Å². The summed E-state index contributed by atoms with van der Waals surface area (Å²) in [7, 11) is 1.58. The highest BCUT2D eigenvalue weighted by molar-refractivity contribution is 6.03. The Labute approximate surface area is 139 Å². The van der Waals surface area contributed by atoms with Crippen LogP contribution in [0, 0.1) is 0 Å². The second kappa shape index (κ2) is 6.83. The molecule has 24 heavy (non-hydrogen) atoms. The van der Waals surface area contributed by atoms with Crippen LogP contribution in [-0.4, -0.2) is 24.3 Å². The first-order valence-corrected chi connectivity index (χ1v) is 7.37. The molecule has 1 amide bonds. The van der Waals surface area contributed by atoms with E-state index in [9.17, 15) is 9.90 Å². The number of phenols is 1. The van der Waals surface area contributed by atoms with Crippen molar-refractivity contribution >= 4 is 22.9 Å². The van der Waals surface area contributed by atoms with Gasteiger partial charge >= 0.3 is 0 Å². The predicted octanol–water partition coefficient (Wildman–Crippen LogP) is 3.32. The number of phenolic OH excluding ortho intramolecular Hbond substituents is 1. The fourth-order valence-corrected chi connectivity index (χ4v) is 2.39. The van der Waals surface area contributed by atoms with Gasteiger partial charge in [0.2, 0.25) is 0 Å². The number of hydrazone groups is 1. The van der Waals surface area contributed by atoms with E-state index in [4.69, 9.17) is 4.74 Å². The van der Waals surface area contributed by atoms with E-state index in [2.05, 4.69) is 10.5 Å². The molecule has 0 aliphatic heterocycles. The zero-order chi connectivity index (χ0) is 16.9. The third-order valence-electron chi connectivity index (χ3n) is 3.62. The Balaban J connectivity index is 1.77. The van der Waals surface area contributed by atoms with Gasteiger partial charge in [-0.15, -0.1) is 0 Å². The fourth-order valence-electron chi connectivity index (χ4n) is 2.39. The molecule has 120 valence electrons. The van der Waals surface area contributed by atoms with Gasteiger partial charge in [0, 0.05) is 5.39 Å². The Bertz CT molecular complexity index is 919. The number of hydrogen-bond donors (Lipinski definition) is 2. The van der Waals surface area contributed by atoms with Crippen molar-refractivity contribution < 1.29 is 14.6 Å². The maximum absolute atomic E-state index is 12.2. The monoisotopic (exact) mass is 320 g/mol. The van der Waals surface area contributed by atoms with Crippen LogP contribution in [0.25, 0.3) is 10.8 Å². The molecule has 0 saturated carbocycles. The van der Waals surface area contributed by atoms with Crippen molar-refractivity contribution in [3.63, 3.8) is 0 Å². The van der Waals surface area contributed by atoms with Crippen LogP contribution in [0.2, 0.25) is 0 Å². The molecule has 5 heteroatoms. The summed E-state index contributed by atoms with van der Waals surface area (Å²) in [6.45, 7) is 0. The fraction of sp³-hybridized carbons (Fsp3) is 0.0526. The third kappa shape index (κ3) is 3.20. The Morgan fingerprint density at radius 3 is 2.79 bits per heavy atom. The summed E-state index contributed by atoms with van der Waals surface area (Å²) in [6, 6.07) is 18.0. The van der Waals surface area contributed by atoms with Gasteiger partial charge in [0.15, 0.2) is 0 Å². The number of rotatable bonds is 4. The summed E-state index contributed by atoms with van der Waals surface area (Å²) < 4.78 is 5.13. The topological polar surface area (TPSA) is 70.9 Å². The maximum Gasteiger partial charge on any atom is 0.275 e. The van der Waals surface area contributed by atoms with Gasteiger partial charge in [0.05, 0.1) is 18.9 Å². The Morgan fingerprint density at radius 1 is 1.12 bits per heavy atom. The molecule has 0 radical (unpaired) electrons. The predicted molar refractivity (Wildman–Crippen MR) is 93.7 cm³/mol. The number of carbonyl (C=O) groups is 1. The third-order valence-corrected chi connectivity index (χ3v) is 3.62. The molecule has 0 aromatic heterocycles. The average Bonchev–Trinajstić information content (AvgIpc) is 2.62. The molecule has 3 aromatic carbocycles. The number of aromatic hydroxyl groups is 1. The average molecular weight is 320 g/mol. The molecule has 0 heterocycles. The van der Waals surface area contributed by atoms with E-state index < -0.39 is 5.91 Å². The van der Waals surface area contributed by atoms with Gasteiger partial charge in [-0.25, -0.2) is 5.43 Å². The van der Waals surface area contributed by atoms with Crippen molar-refractivity contribution in [2.45, 2.75) is 0 Å². The van der Waals surface area contributed by atoms with Crippen LogP contribution in [0.1, 0.15) is 15.9 Å². The minimum atomic E-state index is -0.475. The summed E-state index contributed by atoms with van der Waals surface area (Å²) in [5, 5.41) is 15.7. The normalized spacial score (nSPS) is 10.9. The molecule has 0 saturated heterocycles. The summed E-state index contributed by atoms with van der Waals surface area (Å²) >= 11 is 0. The molecular formula is C19H16N2O3. The van der Waals surface area contributed by atoms with Crippen LogP contribution in [0.5, 0.6) is 11.5 Å². The zero-order valence-electron chi connectivity index (χ0n) is 13.1. The Kier molecular flexibility index (Phi) is 4.43. The second-order valence-electron chi connectivity index (χ2n) is 5.16. The zero-order valence-corrected chi connectivity index (χ0v) is 13.1. The van der Waals surface area contributed by atoms with Crippen LogP contribution in [0.3, 0.4) is 0 Å². The van der Waals surface area contributed by atoms with E-state index >= 15 is 0 Å². The lowest BCUT2D eigenvalue weighted by molar-refractivity contribution is 0.0952. The van der Waals surface area contributed by atoms with Crippen molar-refractivity contribution in [3.8, 4) is 11.5 Å². The van der Waals surface area contributed by atoms with E-state index in [1.165, 1.54) is 6.21 Å².